The molecule has 10 heteroatoms. The zero-order valence-electron chi connectivity index (χ0n) is 17.5. The number of carboxylic acids is 1. The molecule has 0 saturated heterocycles. The Hall–Kier alpha value is -2.33. The van der Waals surface area contributed by atoms with Gasteiger partial charge in [-0.1, -0.05) is 54.6 Å². The maximum absolute atomic E-state index is 12.7. The molecule has 2 N–H and O–H groups in total. The maximum Gasteiger partial charge on any atom is 1.00 e. The van der Waals surface area contributed by atoms with E-state index in [1.807, 2.05) is 0 Å². The standard InChI is InChI=1S/C18H15NO7S.Na/c19-17-16(26-27(23,24)10-11-4-2-1-3-5-11)14(20)15(25-17)12-6-8-13(9-7-12)18(21)22;/h1-9,15H,10,19H2,(H,21,22);/q;+1/p-1/t15-;/m0./s1/i10D2,15D;. The van der Waals surface area contributed by atoms with Crippen molar-refractivity contribution in [2.75, 3.05) is 0 Å². The van der Waals surface area contributed by atoms with Gasteiger partial charge in [-0.05, 0) is 11.1 Å². The molecule has 0 aromatic heterocycles. The minimum Gasteiger partial charge on any atom is -0.545 e. The number of Topliss-reactive ketones (excluding diaryl/α,β-unsaturated/α-hetero) is 1. The number of carboxylic acid groups (broad SMARTS) is 1. The zero-order chi connectivity index (χ0) is 22.3. The Kier molecular flexibility index (Phi) is 5.57. The molecular weight excluding hydrogens is 397 g/mol. The van der Waals surface area contributed by atoms with Crippen LogP contribution in [0.2, 0.25) is 0 Å². The molecule has 8 nitrogen and oxygen atoms in total. The fraction of sp³-hybridized carbons (Fsp3) is 0.111. The fourth-order valence-corrected chi connectivity index (χ4v) is 3.07. The van der Waals surface area contributed by atoms with Crippen LogP contribution in [0, 0.1) is 0 Å². The van der Waals surface area contributed by atoms with Crippen molar-refractivity contribution in [1.82, 2.24) is 0 Å². The van der Waals surface area contributed by atoms with Crippen molar-refractivity contribution in [3.8, 4) is 0 Å². The van der Waals surface area contributed by atoms with Gasteiger partial charge < -0.3 is 24.6 Å². The molecule has 3 rings (SSSR count). The summed E-state index contributed by atoms with van der Waals surface area (Å²) in [7, 11) is -5.09. The minimum atomic E-state index is -5.09. The van der Waals surface area contributed by atoms with E-state index in [2.05, 4.69) is 4.18 Å². The van der Waals surface area contributed by atoms with Crippen LogP contribution in [0.1, 0.15) is 31.7 Å². The molecule has 1 aliphatic heterocycles. The Bertz CT molecular complexity index is 1150. The number of ether oxygens (including phenoxy) is 1. The topological polar surface area (TPSA) is 136 Å². The van der Waals surface area contributed by atoms with Gasteiger partial charge in [0.25, 0.3) is 0 Å². The number of hydrogen-bond donors (Lipinski definition) is 1. The Labute approximate surface area is 187 Å². The molecule has 0 amide bonds. The number of ketones is 1. The summed E-state index contributed by atoms with van der Waals surface area (Å²) in [4.78, 5) is 23.5. The number of carbonyl (C=O) groups is 2. The zero-order valence-corrected chi connectivity index (χ0v) is 17.4. The van der Waals surface area contributed by atoms with E-state index in [1.165, 1.54) is 24.3 Å². The predicted octanol–water partition coefficient (Wildman–Crippen LogP) is -2.63. The third-order valence-corrected chi connectivity index (χ3v) is 4.31. The fourth-order valence-electron chi connectivity index (χ4n) is 2.23. The number of nitrogens with two attached hydrogens (primary N) is 1. The molecule has 2 aromatic rings. The Balaban J connectivity index is 0.00000341. The van der Waals surface area contributed by atoms with E-state index < -0.39 is 45.3 Å². The molecule has 2 aromatic carbocycles. The van der Waals surface area contributed by atoms with E-state index in [-0.39, 0.29) is 46.2 Å². The van der Waals surface area contributed by atoms with Gasteiger partial charge in [-0.15, -0.1) is 0 Å². The maximum atomic E-state index is 12.7. The number of hydrogen-bond acceptors (Lipinski definition) is 8. The van der Waals surface area contributed by atoms with Crippen molar-refractivity contribution in [1.29, 1.82) is 0 Å². The van der Waals surface area contributed by atoms with Gasteiger partial charge in [-0.3, -0.25) is 4.79 Å². The van der Waals surface area contributed by atoms with E-state index in [0.717, 1.165) is 24.3 Å². The predicted molar refractivity (Wildman–Crippen MR) is 91.0 cm³/mol. The van der Waals surface area contributed by atoms with Crippen molar-refractivity contribution in [3.05, 3.63) is 82.9 Å². The van der Waals surface area contributed by atoms with Crippen LogP contribution in [0.5, 0.6) is 0 Å². The van der Waals surface area contributed by atoms with Crippen LogP contribution in [-0.4, -0.2) is 20.2 Å². The van der Waals surface area contributed by atoms with Crippen molar-refractivity contribution < 1.29 is 65.7 Å². The Morgan fingerprint density at radius 3 is 2.39 bits per heavy atom. The molecule has 1 aliphatic rings. The first-order valence-corrected chi connectivity index (χ1v) is 8.86. The summed E-state index contributed by atoms with van der Waals surface area (Å²) in [6.45, 7) is 0. The molecule has 0 aliphatic carbocycles. The average molecular weight is 414 g/mol. The van der Waals surface area contributed by atoms with E-state index in [9.17, 15) is 23.1 Å². The molecule has 0 saturated carbocycles. The first-order valence-electron chi connectivity index (χ1n) is 8.95. The monoisotopic (exact) mass is 414 g/mol. The summed E-state index contributed by atoms with van der Waals surface area (Å²) in [6, 6.07) is 11.2. The average Bonchev–Trinajstić information content (AvgIpc) is 2.92. The summed E-state index contributed by atoms with van der Waals surface area (Å²) in [5.74, 6) is -4.65. The second-order valence-electron chi connectivity index (χ2n) is 5.32. The largest absolute Gasteiger partial charge is 1.00 e. The third kappa shape index (κ3) is 4.93. The third-order valence-electron chi connectivity index (χ3n) is 3.44. The summed E-state index contributed by atoms with van der Waals surface area (Å²) in [6.07, 6.45) is -2.54. The van der Waals surface area contributed by atoms with Crippen molar-refractivity contribution in [2.45, 2.75) is 11.8 Å². The van der Waals surface area contributed by atoms with Crippen LogP contribution in [-0.2, 0) is 29.5 Å². The molecule has 1 atom stereocenters. The Morgan fingerprint density at radius 2 is 1.82 bits per heavy atom. The number of benzene rings is 2. The van der Waals surface area contributed by atoms with E-state index in [1.54, 1.807) is 6.07 Å². The van der Waals surface area contributed by atoms with Crippen LogP contribution in [0.4, 0.5) is 0 Å². The van der Waals surface area contributed by atoms with Crippen LogP contribution < -0.4 is 40.4 Å². The summed E-state index contributed by atoms with van der Waals surface area (Å²) in [5, 5.41) is 10.8. The molecule has 0 unspecified atom stereocenters. The van der Waals surface area contributed by atoms with Crippen LogP contribution in [0.3, 0.4) is 0 Å². The van der Waals surface area contributed by atoms with Crippen LogP contribution >= 0.6 is 0 Å². The second kappa shape index (κ2) is 8.78. The SMILES string of the molecule is [2H]C([2H])(c1ccccc1)S(=O)(=O)OC1=C(N)O[C@@]([2H])(c2ccc(C(=O)[O-])cc2)C1=O.[Na+]. The molecule has 0 radical (unpaired) electrons. The molecule has 1 heterocycles. The van der Waals surface area contributed by atoms with E-state index in [0.29, 0.717) is 0 Å². The van der Waals surface area contributed by atoms with E-state index >= 15 is 0 Å². The number of carbonyl (C=O) groups excluding carboxylic acids is 2. The molecule has 0 bridgehead atoms. The normalized spacial score (nSPS) is 21.0. The van der Waals surface area contributed by atoms with Gasteiger partial charge in [0.05, 0.1) is 10.1 Å². The second-order valence-corrected chi connectivity index (χ2v) is 6.60. The van der Waals surface area contributed by atoms with Gasteiger partial charge in [0, 0.05) is 5.56 Å². The number of rotatable bonds is 6. The van der Waals surface area contributed by atoms with Gasteiger partial charge in [-0.25, -0.2) is 0 Å². The smallest absolute Gasteiger partial charge is 0.545 e. The first kappa shape index (κ1) is 17.7. The quantitative estimate of drug-likeness (QED) is 0.401. The van der Waals surface area contributed by atoms with Crippen LogP contribution in [0.25, 0.3) is 0 Å². The van der Waals surface area contributed by atoms with Gasteiger partial charge in [0.1, 0.15) is 5.70 Å². The van der Waals surface area contributed by atoms with Gasteiger partial charge in [0.15, 0.2) is 6.08 Å². The molecule has 140 valence electrons. The molecule has 28 heavy (non-hydrogen) atoms. The van der Waals surface area contributed by atoms with E-state index in [4.69, 9.17) is 14.6 Å². The van der Waals surface area contributed by atoms with Crippen LogP contribution in [0.15, 0.2) is 66.2 Å². The molecule has 0 spiro atoms. The van der Waals surface area contributed by atoms with Crippen molar-refractivity contribution in [3.63, 3.8) is 0 Å². The van der Waals surface area contributed by atoms with Crippen molar-refractivity contribution in [2.24, 2.45) is 5.73 Å². The minimum absolute atomic E-state index is 0. The summed E-state index contributed by atoms with van der Waals surface area (Å²) >= 11 is 0. The van der Waals surface area contributed by atoms with Crippen molar-refractivity contribution >= 4 is 21.9 Å². The van der Waals surface area contributed by atoms with Gasteiger partial charge in [0.2, 0.25) is 17.4 Å². The number of aromatic carboxylic acids is 1. The first-order chi connectivity index (χ1) is 13.9. The summed E-state index contributed by atoms with van der Waals surface area (Å²) < 4.78 is 58.9. The van der Waals surface area contributed by atoms with Gasteiger partial charge >= 0.3 is 39.7 Å². The van der Waals surface area contributed by atoms with Gasteiger partial charge in [-0.2, -0.15) is 8.42 Å². The molecule has 0 fully saturated rings. The molecular formula is C18H14NNaO7S. The summed E-state index contributed by atoms with van der Waals surface area (Å²) in [5.41, 5.74) is 1.90. The Morgan fingerprint density at radius 1 is 1.21 bits per heavy atom.